The predicted molar refractivity (Wildman–Crippen MR) is 82.1 cm³/mol. The van der Waals surface area contributed by atoms with Crippen LogP contribution in [0.1, 0.15) is 42.1 Å². The minimum atomic E-state index is -0.0209. The average molecular weight is 264 g/mol. The van der Waals surface area contributed by atoms with Crippen LogP contribution in [0.15, 0.2) is 6.07 Å². The fourth-order valence-electron chi connectivity index (χ4n) is 2.75. The quantitative estimate of drug-likeness (QED) is 0.858. The Morgan fingerprint density at radius 3 is 2.11 bits per heavy atom. The maximum Gasteiger partial charge on any atom is 0.124 e. The fraction of sp³-hybridized carbons (Fsp3) is 0.625. The van der Waals surface area contributed by atoms with Crippen molar-refractivity contribution < 1.29 is 4.74 Å². The van der Waals surface area contributed by atoms with Gasteiger partial charge in [-0.05, 0) is 71.0 Å². The van der Waals surface area contributed by atoms with Crippen molar-refractivity contribution in [3.63, 3.8) is 0 Å². The van der Waals surface area contributed by atoms with Crippen molar-refractivity contribution in [2.24, 2.45) is 0 Å². The molecule has 0 heterocycles. The van der Waals surface area contributed by atoms with Crippen molar-refractivity contribution in [3.8, 4) is 5.75 Å². The minimum absolute atomic E-state index is 0.0209. The maximum atomic E-state index is 5.50. The Morgan fingerprint density at radius 2 is 1.68 bits per heavy atom. The Balaban J connectivity index is 3.42. The Labute approximate surface area is 117 Å². The molecule has 3 nitrogen and oxygen atoms in total. The molecule has 0 bridgehead atoms. The normalized spacial score (nSPS) is 13.5. The molecule has 19 heavy (non-hydrogen) atoms. The molecule has 0 spiro atoms. The highest BCUT2D eigenvalue weighted by Gasteiger charge is 2.30. The first kappa shape index (κ1) is 16.0. The van der Waals surface area contributed by atoms with Crippen molar-refractivity contribution in [3.05, 3.63) is 28.3 Å². The molecule has 0 saturated heterocycles. The Kier molecular flexibility index (Phi) is 4.99. The van der Waals surface area contributed by atoms with E-state index >= 15 is 0 Å². The molecule has 0 amide bonds. The highest BCUT2D eigenvalue weighted by molar-refractivity contribution is 5.50. The summed E-state index contributed by atoms with van der Waals surface area (Å²) in [5.41, 5.74) is 5.02. The Bertz CT molecular complexity index is 453. The first-order valence-electron chi connectivity index (χ1n) is 6.81. The second kappa shape index (κ2) is 5.93. The number of aryl methyl sites for hydroxylation is 1. The van der Waals surface area contributed by atoms with Gasteiger partial charge in [0.2, 0.25) is 0 Å². The van der Waals surface area contributed by atoms with Gasteiger partial charge in [0.1, 0.15) is 5.75 Å². The van der Waals surface area contributed by atoms with E-state index in [4.69, 9.17) is 4.74 Å². The summed E-state index contributed by atoms with van der Waals surface area (Å²) in [6.45, 7) is 10.8. The third-order valence-corrected chi connectivity index (χ3v) is 4.24. The minimum Gasteiger partial charge on any atom is -0.496 e. The third-order valence-electron chi connectivity index (χ3n) is 4.24. The number of hydrogen-bond acceptors (Lipinski definition) is 3. The van der Waals surface area contributed by atoms with Crippen LogP contribution in [-0.4, -0.2) is 26.7 Å². The zero-order valence-electron chi connectivity index (χ0n) is 13.6. The summed E-state index contributed by atoms with van der Waals surface area (Å²) in [4.78, 5) is 0. The maximum absolute atomic E-state index is 5.50. The number of benzene rings is 1. The molecule has 0 radical (unpaired) electrons. The number of rotatable bonds is 5. The van der Waals surface area contributed by atoms with Crippen molar-refractivity contribution >= 4 is 0 Å². The zero-order valence-corrected chi connectivity index (χ0v) is 13.6. The third kappa shape index (κ3) is 2.93. The lowest BCUT2D eigenvalue weighted by molar-refractivity contribution is 0.309. The van der Waals surface area contributed by atoms with E-state index in [2.05, 4.69) is 51.3 Å². The Hall–Kier alpha value is -1.06. The van der Waals surface area contributed by atoms with E-state index < -0.39 is 0 Å². The summed E-state index contributed by atoms with van der Waals surface area (Å²) in [7, 11) is 5.75. The van der Waals surface area contributed by atoms with Gasteiger partial charge < -0.3 is 15.4 Å². The molecule has 1 aromatic carbocycles. The van der Waals surface area contributed by atoms with E-state index in [-0.39, 0.29) is 11.6 Å². The van der Waals surface area contributed by atoms with Gasteiger partial charge in [0.25, 0.3) is 0 Å². The molecule has 0 fully saturated rings. The van der Waals surface area contributed by atoms with Gasteiger partial charge in [-0.3, -0.25) is 0 Å². The largest absolute Gasteiger partial charge is 0.496 e. The molecule has 3 heteroatoms. The summed E-state index contributed by atoms with van der Waals surface area (Å²) < 4.78 is 5.50. The molecule has 1 rings (SSSR count). The van der Waals surface area contributed by atoms with Gasteiger partial charge in [-0.2, -0.15) is 0 Å². The standard InChI is InChI=1S/C16H28N2O/c1-10-9-13(11(2)12(3)14(10)19-8)15(17-6)16(4,5)18-7/h9,15,17-18H,1-8H3. The summed E-state index contributed by atoms with van der Waals surface area (Å²) in [5, 5.41) is 6.83. The first-order valence-corrected chi connectivity index (χ1v) is 6.81. The summed E-state index contributed by atoms with van der Waals surface area (Å²) in [6, 6.07) is 2.49. The predicted octanol–water partition coefficient (Wildman–Crippen LogP) is 2.88. The van der Waals surface area contributed by atoms with E-state index in [9.17, 15) is 0 Å². The lowest BCUT2D eigenvalue weighted by Gasteiger charge is -2.36. The lowest BCUT2D eigenvalue weighted by Crippen LogP contribution is -2.47. The van der Waals surface area contributed by atoms with Gasteiger partial charge in [0.05, 0.1) is 7.11 Å². The van der Waals surface area contributed by atoms with Crippen LogP contribution < -0.4 is 15.4 Å². The van der Waals surface area contributed by atoms with E-state index in [0.29, 0.717) is 0 Å². The van der Waals surface area contributed by atoms with Gasteiger partial charge >= 0.3 is 0 Å². The van der Waals surface area contributed by atoms with E-state index in [1.54, 1.807) is 7.11 Å². The molecule has 1 aromatic rings. The van der Waals surface area contributed by atoms with E-state index in [1.165, 1.54) is 22.3 Å². The van der Waals surface area contributed by atoms with Gasteiger partial charge in [0, 0.05) is 11.6 Å². The highest BCUT2D eigenvalue weighted by Crippen LogP contribution is 2.35. The molecule has 0 aliphatic carbocycles. The van der Waals surface area contributed by atoms with Crippen molar-refractivity contribution in [1.82, 2.24) is 10.6 Å². The number of nitrogens with one attached hydrogen (secondary N) is 2. The zero-order chi connectivity index (χ0) is 14.8. The van der Waals surface area contributed by atoms with Gasteiger partial charge in [-0.25, -0.2) is 0 Å². The number of ether oxygens (including phenoxy) is 1. The molecule has 0 aliphatic heterocycles. The van der Waals surface area contributed by atoms with Crippen LogP contribution in [0, 0.1) is 20.8 Å². The molecular weight excluding hydrogens is 236 g/mol. The molecule has 2 N–H and O–H groups in total. The van der Waals surface area contributed by atoms with Crippen LogP contribution in [0.25, 0.3) is 0 Å². The monoisotopic (exact) mass is 264 g/mol. The first-order chi connectivity index (χ1) is 8.80. The SMILES string of the molecule is CNC(c1cc(C)c(OC)c(C)c1C)C(C)(C)NC. The fourth-order valence-corrected chi connectivity index (χ4v) is 2.75. The van der Waals surface area contributed by atoms with E-state index in [1.807, 2.05) is 14.1 Å². The average Bonchev–Trinajstić information content (AvgIpc) is 2.36. The van der Waals surface area contributed by atoms with Crippen molar-refractivity contribution in [2.45, 2.75) is 46.2 Å². The molecule has 0 aliphatic rings. The lowest BCUT2D eigenvalue weighted by atomic mass is 9.84. The van der Waals surface area contributed by atoms with Crippen LogP contribution >= 0.6 is 0 Å². The van der Waals surface area contributed by atoms with Gasteiger partial charge in [-0.1, -0.05) is 6.07 Å². The molecule has 0 aromatic heterocycles. The van der Waals surface area contributed by atoms with Gasteiger partial charge in [-0.15, -0.1) is 0 Å². The number of likely N-dealkylation sites (N-methyl/N-ethyl adjacent to an activating group) is 2. The molecular formula is C16H28N2O. The number of methoxy groups -OCH3 is 1. The van der Waals surface area contributed by atoms with E-state index in [0.717, 1.165) is 5.75 Å². The van der Waals surface area contributed by atoms with Crippen LogP contribution in [0.4, 0.5) is 0 Å². The molecule has 0 saturated carbocycles. The highest BCUT2D eigenvalue weighted by atomic mass is 16.5. The molecule has 108 valence electrons. The molecule has 1 atom stereocenters. The van der Waals surface area contributed by atoms with Crippen molar-refractivity contribution in [2.75, 3.05) is 21.2 Å². The van der Waals surface area contributed by atoms with Crippen LogP contribution in [0.5, 0.6) is 5.75 Å². The molecule has 1 unspecified atom stereocenters. The van der Waals surface area contributed by atoms with Crippen molar-refractivity contribution in [1.29, 1.82) is 0 Å². The number of hydrogen-bond donors (Lipinski definition) is 2. The van der Waals surface area contributed by atoms with Gasteiger partial charge in [0.15, 0.2) is 0 Å². The van der Waals surface area contributed by atoms with Crippen LogP contribution in [0.2, 0.25) is 0 Å². The topological polar surface area (TPSA) is 33.3 Å². The second-order valence-electron chi connectivity index (χ2n) is 5.76. The summed E-state index contributed by atoms with van der Waals surface area (Å²) in [6.07, 6.45) is 0. The Morgan fingerprint density at radius 1 is 1.11 bits per heavy atom. The second-order valence-corrected chi connectivity index (χ2v) is 5.76. The summed E-state index contributed by atoms with van der Waals surface area (Å²) in [5.74, 6) is 0.998. The summed E-state index contributed by atoms with van der Waals surface area (Å²) >= 11 is 0. The smallest absolute Gasteiger partial charge is 0.124 e. The van der Waals surface area contributed by atoms with Crippen LogP contribution in [-0.2, 0) is 0 Å². The van der Waals surface area contributed by atoms with Crippen LogP contribution in [0.3, 0.4) is 0 Å².